The molecule has 5 aromatic rings. The summed E-state index contributed by atoms with van der Waals surface area (Å²) in [6, 6.07) is 17.0. The summed E-state index contributed by atoms with van der Waals surface area (Å²) in [5.41, 5.74) is 4.19. The van der Waals surface area contributed by atoms with Crippen LogP contribution in [-0.4, -0.2) is 80.0 Å². The lowest BCUT2D eigenvalue weighted by molar-refractivity contribution is 0.0305. The SMILES string of the molecule is COc1ccc(C(=O)N2CCC3(CCN(CCc4ccc(-c5cc6c(Cl)ncnc6[nH]5)cc4)CC3)CC2)cc1-n1ccc(=O)[nH]c1=O. The van der Waals surface area contributed by atoms with Gasteiger partial charge >= 0.3 is 5.69 Å². The van der Waals surface area contributed by atoms with Gasteiger partial charge in [0.05, 0.1) is 18.2 Å². The van der Waals surface area contributed by atoms with E-state index in [0.29, 0.717) is 35.2 Å². The first-order valence-corrected chi connectivity index (χ1v) is 16.3. The Balaban J connectivity index is 0.917. The number of hydrogen-bond acceptors (Lipinski definition) is 7. The largest absolute Gasteiger partial charge is 0.495 e. The van der Waals surface area contributed by atoms with Crippen LogP contribution in [0.2, 0.25) is 5.15 Å². The molecule has 0 unspecified atom stereocenters. The number of methoxy groups -OCH3 is 1. The molecule has 0 bridgehead atoms. The molecule has 2 aromatic carbocycles. The number of nitrogens with one attached hydrogen (secondary N) is 2. The van der Waals surface area contributed by atoms with Crippen LogP contribution in [0.4, 0.5) is 0 Å². The summed E-state index contributed by atoms with van der Waals surface area (Å²) in [5, 5.41) is 1.27. The summed E-state index contributed by atoms with van der Waals surface area (Å²) in [6.45, 7) is 4.58. The van der Waals surface area contributed by atoms with Gasteiger partial charge in [0.1, 0.15) is 22.9 Å². The topological polar surface area (TPSA) is 129 Å². The molecular formula is C35H36ClN7O4. The average molecular weight is 654 g/mol. The van der Waals surface area contributed by atoms with Gasteiger partial charge in [-0.1, -0.05) is 35.9 Å². The summed E-state index contributed by atoms with van der Waals surface area (Å²) in [4.78, 5) is 55.9. The molecule has 11 nitrogen and oxygen atoms in total. The fraction of sp³-hybridized carbons (Fsp3) is 0.343. The number of rotatable bonds is 7. The van der Waals surface area contributed by atoms with E-state index in [4.69, 9.17) is 16.3 Å². The fourth-order valence-electron chi connectivity index (χ4n) is 6.94. The highest BCUT2D eigenvalue weighted by molar-refractivity contribution is 6.34. The highest BCUT2D eigenvalue weighted by Crippen LogP contribution is 2.41. The van der Waals surface area contributed by atoms with E-state index < -0.39 is 11.2 Å². The second-order valence-electron chi connectivity index (χ2n) is 12.6. The van der Waals surface area contributed by atoms with Crippen LogP contribution < -0.4 is 16.0 Å². The van der Waals surface area contributed by atoms with Gasteiger partial charge in [-0.2, -0.15) is 0 Å². The van der Waals surface area contributed by atoms with Gasteiger partial charge in [0.25, 0.3) is 11.5 Å². The molecule has 1 amide bonds. The summed E-state index contributed by atoms with van der Waals surface area (Å²) >= 11 is 6.22. The number of fused-ring (bicyclic) bond motifs is 1. The van der Waals surface area contributed by atoms with Gasteiger partial charge < -0.3 is 19.5 Å². The monoisotopic (exact) mass is 653 g/mol. The third-order valence-corrected chi connectivity index (χ3v) is 10.2. The Bertz CT molecular complexity index is 2030. The molecule has 5 heterocycles. The normalized spacial score (nSPS) is 16.5. The van der Waals surface area contributed by atoms with Crippen LogP contribution in [0.3, 0.4) is 0 Å². The van der Waals surface area contributed by atoms with Crippen molar-refractivity contribution < 1.29 is 9.53 Å². The zero-order valence-electron chi connectivity index (χ0n) is 26.2. The van der Waals surface area contributed by atoms with Gasteiger partial charge in [-0.25, -0.2) is 14.8 Å². The van der Waals surface area contributed by atoms with Gasteiger partial charge in [-0.15, -0.1) is 0 Å². The summed E-state index contributed by atoms with van der Waals surface area (Å²) in [7, 11) is 1.50. The molecule has 2 aliphatic rings. The van der Waals surface area contributed by atoms with Crippen molar-refractivity contribution in [1.29, 1.82) is 0 Å². The molecule has 242 valence electrons. The van der Waals surface area contributed by atoms with Gasteiger partial charge in [-0.05, 0) is 86.0 Å². The molecule has 2 N–H and O–H groups in total. The Hall–Kier alpha value is -4.74. The number of benzene rings is 2. The van der Waals surface area contributed by atoms with E-state index in [1.54, 1.807) is 18.2 Å². The second kappa shape index (κ2) is 12.8. The second-order valence-corrected chi connectivity index (χ2v) is 12.9. The first kappa shape index (κ1) is 30.9. The molecule has 47 heavy (non-hydrogen) atoms. The first-order chi connectivity index (χ1) is 22.8. The van der Waals surface area contributed by atoms with E-state index in [-0.39, 0.29) is 11.3 Å². The minimum Gasteiger partial charge on any atom is -0.495 e. The van der Waals surface area contributed by atoms with Crippen LogP contribution in [0.5, 0.6) is 5.75 Å². The molecule has 12 heteroatoms. The average Bonchev–Trinajstić information content (AvgIpc) is 3.54. The molecule has 0 saturated carbocycles. The molecule has 0 radical (unpaired) electrons. The number of aromatic amines is 2. The van der Waals surface area contributed by atoms with Crippen molar-refractivity contribution in [1.82, 2.24) is 34.3 Å². The van der Waals surface area contributed by atoms with Crippen molar-refractivity contribution in [2.45, 2.75) is 32.1 Å². The number of H-pyrrole nitrogens is 2. The number of ether oxygens (including phenoxy) is 1. The van der Waals surface area contributed by atoms with Gasteiger partial charge in [0.15, 0.2) is 0 Å². The zero-order valence-corrected chi connectivity index (χ0v) is 26.9. The molecule has 2 aliphatic heterocycles. The van der Waals surface area contributed by atoms with Crippen LogP contribution in [-0.2, 0) is 6.42 Å². The Kier molecular flexibility index (Phi) is 8.42. The van der Waals surface area contributed by atoms with E-state index >= 15 is 0 Å². The maximum atomic E-state index is 13.5. The zero-order chi connectivity index (χ0) is 32.5. The van der Waals surface area contributed by atoms with Crippen molar-refractivity contribution in [3.05, 3.63) is 104 Å². The van der Waals surface area contributed by atoms with Crippen molar-refractivity contribution in [2.24, 2.45) is 5.41 Å². The number of piperidine rings is 2. The third-order valence-electron chi connectivity index (χ3n) is 9.90. The van der Waals surface area contributed by atoms with E-state index in [1.807, 2.05) is 11.0 Å². The Morgan fingerprint density at radius 2 is 1.68 bits per heavy atom. The predicted molar refractivity (Wildman–Crippen MR) is 180 cm³/mol. The lowest BCUT2D eigenvalue weighted by atomic mass is 9.71. The van der Waals surface area contributed by atoms with Crippen LogP contribution in [0, 0.1) is 5.41 Å². The fourth-order valence-corrected chi connectivity index (χ4v) is 7.13. The molecule has 0 aliphatic carbocycles. The molecule has 7 rings (SSSR count). The Labute approximate surface area is 276 Å². The Morgan fingerprint density at radius 3 is 2.38 bits per heavy atom. The van der Waals surface area contributed by atoms with E-state index in [0.717, 1.165) is 74.0 Å². The smallest absolute Gasteiger partial charge is 0.333 e. The minimum atomic E-state index is -0.590. The quantitative estimate of drug-likeness (QED) is 0.244. The van der Waals surface area contributed by atoms with Gasteiger partial charge in [0.2, 0.25) is 0 Å². The van der Waals surface area contributed by atoms with Crippen molar-refractivity contribution in [3.63, 3.8) is 0 Å². The first-order valence-electron chi connectivity index (χ1n) is 15.9. The van der Waals surface area contributed by atoms with Crippen LogP contribution in [0.15, 0.2) is 76.7 Å². The lowest BCUT2D eigenvalue weighted by Crippen LogP contribution is -2.48. The number of likely N-dealkylation sites (tertiary alicyclic amines) is 2. The molecule has 2 saturated heterocycles. The predicted octanol–water partition coefficient (Wildman–Crippen LogP) is 4.69. The van der Waals surface area contributed by atoms with Crippen LogP contribution in [0.1, 0.15) is 41.6 Å². The third kappa shape index (κ3) is 6.33. The lowest BCUT2D eigenvalue weighted by Gasteiger charge is -2.47. The molecular weight excluding hydrogens is 618 g/mol. The highest BCUT2D eigenvalue weighted by Gasteiger charge is 2.38. The number of carbonyl (C=O) groups is 1. The summed E-state index contributed by atoms with van der Waals surface area (Å²) < 4.78 is 6.72. The van der Waals surface area contributed by atoms with Crippen LogP contribution in [0.25, 0.3) is 28.0 Å². The van der Waals surface area contributed by atoms with Crippen molar-refractivity contribution in [2.75, 3.05) is 39.8 Å². The molecule has 0 atom stereocenters. The van der Waals surface area contributed by atoms with E-state index in [2.05, 4.69) is 49.1 Å². The minimum absolute atomic E-state index is 0.0632. The molecule has 2 fully saturated rings. The number of amides is 1. The molecule has 1 spiro atoms. The van der Waals surface area contributed by atoms with E-state index in [9.17, 15) is 14.4 Å². The van der Waals surface area contributed by atoms with Gasteiger partial charge in [-0.3, -0.25) is 19.1 Å². The number of halogens is 1. The summed E-state index contributed by atoms with van der Waals surface area (Å²) in [5.74, 6) is 0.371. The standard InChI is InChI=1S/C35H36ClN7O4/c1-47-29-7-6-25(20-28(29)43-15-9-30(44)40-34(43)46)33(45)42-18-12-35(13-19-42)10-16-41(17-11-35)14-8-23-2-4-24(5-3-23)27-21-26-31(36)37-22-38-32(26)39-27/h2-7,9,15,20-22H,8,10-14,16-19H2,1H3,(H,37,38,39)(H,40,44,46). The number of aromatic nitrogens is 5. The molecule has 3 aromatic heterocycles. The Morgan fingerprint density at radius 1 is 0.936 bits per heavy atom. The number of nitrogens with zero attached hydrogens (tertiary/aromatic N) is 5. The van der Waals surface area contributed by atoms with Crippen molar-refractivity contribution in [3.8, 4) is 22.7 Å². The van der Waals surface area contributed by atoms with Crippen LogP contribution >= 0.6 is 11.6 Å². The van der Waals surface area contributed by atoms with Crippen molar-refractivity contribution >= 4 is 28.5 Å². The van der Waals surface area contributed by atoms with Gasteiger partial charge in [0, 0.05) is 43.2 Å². The number of carbonyl (C=O) groups excluding carboxylic acids is 1. The highest BCUT2D eigenvalue weighted by atomic mass is 35.5. The summed E-state index contributed by atoms with van der Waals surface area (Å²) in [6.07, 6.45) is 8.10. The number of hydrogen-bond donors (Lipinski definition) is 2. The van der Waals surface area contributed by atoms with E-state index in [1.165, 1.54) is 35.8 Å². The maximum absolute atomic E-state index is 13.5. The maximum Gasteiger partial charge on any atom is 0.333 e.